The molecular weight excluding hydrogens is 364 g/mol. The Morgan fingerprint density at radius 2 is 0.900 bits per heavy atom. The molecule has 0 spiro atoms. The maximum atomic E-state index is 2.47. The van der Waals surface area contributed by atoms with Crippen LogP contribution in [0.1, 0.15) is 49.7 Å². The van der Waals surface area contributed by atoms with Gasteiger partial charge in [0, 0.05) is 11.1 Å². The predicted molar refractivity (Wildman–Crippen MR) is 127 cm³/mol. The van der Waals surface area contributed by atoms with Crippen LogP contribution in [0.2, 0.25) is 0 Å². The molecule has 2 heterocycles. The standard InChI is InChI=1S/C28H42N2/c1-29(23-27-9-5-3-6-10-27)19-15-25(16-20-29)13-14-26-17-21-30(2,22-18-26)24-28-11-7-4-8-12-28/h3-12,25-26H,13-24H2,1-2H3/q+2. The molecule has 2 saturated heterocycles. The van der Waals surface area contributed by atoms with Crippen LogP contribution in [-0.4, -0.2) is 49.2 Å². The topological polar surface area (TPSA) is 0 Å². The molecule has 2 aromatic rings. The molecule has 0 amide bonds. The Morgan fingerprint density at radius 3 is 1.23 bits per heavy atom. The fraction of sp³-hybridized carbons (Fsp3) is 0.571. The number of piperidine rings is 2. The fourth-order valence-corrected chi connectivity index (χ4v) is 5.90. The molecule has 0 unspecified atom stereocenters. The Kier molecular flexibility index (Phi) is 6.95. The van der Waals surface area contributed by atoms with Gasteiger partial charge in [-0.25, -0.2) is 0 Å². The third kappa shape index (κ3) is 5.95. The van der Waals surface area contributed by atoms with Gasteiger partial charge < -0.3 is 8.97 Å². The van der Waals surface area contributed by atoms with Crippen molar-refractivity contribution in [1.29, 1.82) is 0 Å². The average molecular weight is 407 g/mol. The SMILES string of the molecule is C[N+]1(Cc2ccccc2)CCC(CCC2CC[N+](C)(Cc3ccccc3)CC2)CC1. The third-order valence-electron chi connectivity index (χ3n) is 8.11. The smallest absolute Gasteiger partial charge is 0.104 e. The van der Waals surface area contributed by atoms with Crippen LogP contribution in [0.25, 0.3) is 0 Å². The van der Waals surface area contributed by atoms with Crippen LogP contribution in [0.4, 0.5) is 0 Å². The first-order valence-corrected chi connectivity index (χ1v) is 12.3. The summed E-state index contributed by atoms with van der Waals surface area (Å²) in [6.45, 7) is 7.83. The summed E-state index contributed by atoms with van der Waals surface area (Å²) in [6.07, 6.45) is 8.65. The van der Waals surface area contributed by atoms with E-state index >= 15 is 0 Å². The van der Waals surface area contributed by atoms with Crippen LogP contribution < -0.4 is 0 Å². The van der Waals surface area contributed by atoms with Crippen LogP contribution in [0.15, 0.2) is 60.7 Å². The van der Waals surface area contributed by atoms with Gasteiger partial charge in [-0.05, 0) is 50.4 Å². The van der Waals surface area contributed by atoms with E-state index in [0.717, 1.165) is 11.8 Å². The lowest BCUT2D eigenvalue weighted by Gasteiger charge is -2.42. The number of benzene rings is 2. The molecular formula is C28H42N2+2. The molecule has 30 heavy (non-hydrogen) atoms. The Morgan fingerprint density at radius 1 is 0.567 bits per heavy atom. The van der Waals surface area contributed by atoms with E-state index < -0.39 is 0 Å². The van der Waals surface area contributed by atoms with E-state index in [-0.39, 0.29) is 0 Å². The summed E-state index contributed by atoms with van der Waals surface area (Å²) in [5, 5.41) is 0. The quantitative estimate of drug-likeness (QED) is 0.504. The second-order valence-corrected chi connectivity index (χ2v) is 10.9. The number of likely N-dealkylation sites (tertiary alicyclic amines) is 2. The van der Waals surface area contributed by atoms with Crippen molar-refractivity contribution in [2.45, 2.75) is 51.6 Å². The van der Waals surface area contributed by atoms with Crippen LogP contribution in [0.5, 0.6) is 0 Å². The fourth-order valence-electron chi connectivity index (χ4n) is 5.90. The molecule has 2 aromatic carbocycles. The minimum absolute atomic E-state index is 0.971. The molecule has 0 aliphatic carbocycles. The summed E-state index contributed by atoms with van der Waals surface area (Å²) in [7, 11) is 4.94. The van der Waals surface area contributed by atoms with Gasteiger partial charge in [0.2, 0.25) is 0 Å². The zero-order valence-corrected chi connectivity index (χ0v) is 19.3. The lowest BCUT2D eigenvalue weighted by atomic mass is 9.84. The van der Waals surface area contributed by atoms with Crippen molar-refractivity contribution in [1.82, 2.24) is 0 Å². The van der Waals surface area contributed by atoms with E-state index in [4.69, 9.17) is 0 Å². The molecule has 2 heteroatoms. The number of hydrogen-bond donors (Lipinski definition) is 0. The summed E-state index contributed by atoms with van der Waals surface area (Å²) >= 11 is 0. The van der Waals surface area contributed by atoms with E-state index in [1.165, 1.54) is 97.9 Å². The molecule has 4 rings (SSSR count). The van der Waals surface area contributed by atoms with Crippen molar-refractivity contribution in [3.63, 3.8) is 0 Å². The van der Waals surface area contributed by atoms with Crippen LogP contribution in [0, 0.1) is 11.8 Å². The highest BCUT2D eigenvalue weighted by Gasteiger charge is 2.33. The summed E-state index contributed by atoms with van der Waals surface area (Å²) in [5.74, 6) is 1.94. The molecule has 162 valence electrons. The molecule has 0 N–H and O–H groups in total. The van der Waals surface area contributed by atoms with E-state index in [1.807, 2.05) is 0 Å². The highest BCUT2D eigenvalue weighted by Crippen LogP contribution is 2.32. The van der Waals surface area contributed by atoms with Gasteiger partial charge in [-0.2, -0.15) is 0 Å². The van der Waals surface area contributed by atoms with Crippen LogP contribution in [-0.2, 0) is 13.1 Å². The van der Waals surface area contributed by atoms with Crippen molar-refractivity contribution in [3.8, 4) is 0 Å². The van der Waals surface area contributed by atoms with E-state index in [0.29, 0.717) is 0 Å². The molecule has 0 atom stereocenters. The van der Waals surface area contributed by atoms with Crippen molar-refractivity contribution in [2.75, 3.05) is 40.3 Å². The van der Waals surface area contributed by atoms with Crippen molar-refractivity contribution < 1.29 is 8.97 Å². The minimum atomic E-state index is 0.971. The second kappa shape index (κ2) is 9.66. The Labute approximate surface area is 184 Å². The van der Waals surface area contributed by atoms with Gasteiger partial charge in [0.25, 0.3) is 0 Å². The maximum Gasteiger partial charge on any atom is 0.104 e. The highest BCUT2D eigenvalue weighted by molar-refractivity contribution is 5.14. The predicted octanol–water partition coefficient (Wildman–Crippen LogP) is 5.88. The van der Waals surface area contributed by atoms with E-state index in [9.17, 15) is 0 Å². The molecule has 0 saturated carbocycles. The second-order valence-electron chi connectivity index (χ2n) is 10.9. The Hall–Kier alpha value is -1.64. The number of hydrogen-bond acceptors (Lipinski definition) is 0. The first-order chi connectivity index (χ1) is 14.5. The van der Waals surface area contributed by atoms with E-state index in [2.05, 4.69) is 74.8 Å². The molecule has 2 aliphatic rings. The van der Waals surface area contributed by atoms with Gasteiger partial charge in [-0.3, -0.25) is 0 Å². The first kappa shape index (κ1) is 21.6. The van der Waals surface area contributed by atoms with E-state index in [1.54, 1.807) is 0 Å². The molecule has 0 radical (unpaired) electrons. The van der Waals surface area contributed by atoms with Crippen LogP contribution >= 0.6 is 0 Å². The summed E-state index contributed by atoms with van der Waals surface area (Å²) < 4.78 is 2.47. The van der Waals surface area contributed by atoms with Gasteiger partial charge in [0.1, 0.15) is 13.1 Å². The highest BCUT2D eigenvalue weighted by atomic mass is 15.3. The molecule has 2 nitrogen and oxygen atoms in total. The van der Waals surface area contributed by atoms with Gasteiger partial charge in [-0.15, -0.1) is 0 Å². The Bertz CT molecular complexity index is 686. The van der Waals surface area contributed by atoms with Crippen molar-refractivity contribution in [2.24, 2.45) is 11.8 Å². The molecule has 2 fully saturated rings. The van der Waals surface area contributed by atoms with Crippen molar-refractivity contribution in [3.05, 3.63) is 71.8 Å². The molecule has 0 aromatic heterocycles. The van der Waals surface area contributed by atoms with Crippen molar-refractivity contribution >= 4 is 0 Å². The van der Waals surface area contributed by atoms with Gasteiger partial charge in [0.05, 0.1) is 40.3 Å². The monoisotopic (exact) mass is 406 g/mol. The summed E-state index contributed by atoms with van der Waals surface area (Å²) in [6, 6.07) is 22.2. The normalized spacial score (nSPS) is 32.1. The number of nitrogens with zero attached hydrogens (tertiary/aromatic N) is 2. The number of rotatable bonds is 7. The molecule has 2 aliphatic heterocycles. The first-order valence-electron chi connectivity index (χ1n) is 12.3. The maximum absolute atomic E-state index is 2.47. The van der Waals surface area contributed by atoms with Gasteiger partial charge >= 0.3 is 0 Å². The van der Waals surface area contributed by atoms with Gasteiger partial charge in [-0.1, -0.05) is 60.7 Å². The zero-order valence-electron chi connectivity index (χ0n) is 19.3. The summed E-state index contributed by atoms with van der Waals surface area (Å²) in [4.78, 5) is 0. The van der Waals surface area contributed by atoms with Crippen LogP contribution in [0.3, 0.4) is 0 Å². The average Bonchev–Trinajstić information content (AvgIpc) is 2.76. The largest absolute Gasteiger partial charge is 0.322 e. The lowest BCUT2D eigenvalue weighted by molar-refractivity contribution is -0.928. The number of quaternary nitrogens is 2. The summed E-state index contributed by atoms with van der Waals surface area (Å²) in [5.41, 5.74) is 3.00. The minimum Gasteiger partial charge on any atom is -0.322 e. The Balaban J connectivity index is 1.17. The van der Waals surface area contributed by atoms with Gasteiger partial charge in [0.15, 0.2) is 0 Å². The third-order valence-corrected chi connectivity index (χ3v) is 8.11. The molecule has 0 bridgehead atoms. The lowest BCUT2D eigenvalue weighted by Crippen LogP contribution is -2.49. The zero-order chi connectivity index (χ0) is 20.9.